The Morgan fingerprint density at radius 2 is 1.83 bits per heavy atom. The van der Waals surface area contributed by atoms with Crippen LogP contribution >= 0.6 is 0 Å². The summed E-state index contributed by atoms with van der Waals surface area (Å²) in [7, 11) is 0. The lowest BCUT2D eigenvalue weighted by molar-refractivity contribution is -0.128. The first-order valence-corrected chi connectivity index (χ1v) is 15.4. The smallest absolute Gasteiger partial charge is 0.393 e. The summed E-state index contributed by atoms with van der Waals surface area (Å²) in [4.78, 5) is 18.2. The van der Waals surface area contributed by atoms with Crippen molar-refractivity contribution in [2.45, 2.75) is 57.0 Å². The van der Waals surface area contributed by atoms with Gasteiger partial charge in [-0.05, 0) is 78.7 Å². The molecule has 2 saturated heterocycles. The van der Waals surface area contributed by atoms with Gasteiger partial charge in [0.1, 0.15) is 18.2 Å². The highest BCUT2D eigenvalue weighted by Gasteiger charge is 2.32. The van der Waals surface area contributed by atoms with Crippen LogP contribution in [0.3, 0.4) is 0 Å². The maximum absolute atomic E-state index is 14.9. The van der Waals surface area contributed by atoms with Crippen molar-refractivity contribution in [3.8, 4) is 5.88 Å². The first kappa shape index (κ1) is 32.9. The van der Waals surface area contributed by atoms with Gasteiger partial charge in [0.25, 0.3) is 0 Å². The van der Waals surface area contributed by atoms with Crippen LogP contribution in [0.25, 0.3) is 17.0 Å². The van der Waals surface area contributed by atoms with Gasteiger partial charge in [0.15, 0.2) is 0 Å². The lowest BCUT2D eigenvalue weighted by Crippen LogP contribution is -2.43. The molecular weight excluding hydrogens is 598 g/mol. The number of nitrogens with zero attached hydrogens (tertiary/aromatic N) is 2. The molecule has 0 radical (unpaired) electrons. The van der Waals surface area contributed by atoms with Crippen LogP contribution in [0, 0.1) is 0 Å². The summed E-state index contributed by atoms with van der Waals surface area (Å²) in [6.07, 6.45) is 0.523. The summed E-state index contributed by atoms with van der Waals surface area (Å²) in [6.45, 7) is 8.63. The van der Waals surface area contributed by atoms with Crippen molar-refractivity contribution in [1.29, 1.82) is 0 Å². The standard InChI is InChI=1S/C36H37F4N3O3/c1-3-34(44)43-18-9-12-28(23-43)46-32-17-15-27(22-41-32)35(30(21-36(38,39)40)25-10-5-4-6-11-25)26-14-16-31(29(20-26)24(2)37)42-33-13-7-8-19-45-33/h3-6,10-11,14-17,20,22,28,33,42H,1-2,7-9,12-13,18-19,21,23H2/b35-30-. The maximum atomic E-state index is 14.9. The molecule has 242 valence electrons. The molecule has 3 heterocycles. The average Bonchev–Trinajstić information content (AvgIpc) is 3.05. The number of ether oxygens (including phenoxy) is 2. The third kappa shape index (κ3) is 8.42. The topological polar surface area (TPSA) is 63.7 Å². The number of benzene rings is 2. The summed E-state index contributed by atoms with van der Waals surface area (Å²) in [5, 5.41) is 3.22. The Morgan fingerprint density at radius 3 is 2.48 bits per heavy atom. The number of halogens is 4. The lowest BCUT2D eigenvalue weighted by Gasteiger charge is -2.32. The highest BCUT2D eigenvalue weighted by molar-refractivity contribution is 5.99. The average molecular weight is 636 g/mol. The number of likely N-dealkylation sites (tertiary alicyclic amines) is 1. The second-order valence-electron chi connectivity index (χ2n) is 11.4. The zero-order valence-electron chi connectivity index (χ0n) is 25.5. The van der Waals surface area contributed by atoms with Crippen LogP contribution in [-0.4, -0.2) is 54.0 Å². The quantitative estimate of drug-likeness (QED) is 0.138. The molecule has 0 saturated carbocycles. The molecule has 5 rings (SSSR count). The number of carbonyl (C=O) groups is 1. The molecule has 0 bridgehead atoms. The summed E-state index contributed by atoms with van der Waals surface area (Å²) >= 11 is 0. The van der Waals surface area contributed by atoms with Crippen molar-refractivity contribution in [3.63, 3.8) is 0 Å². The van der Waals surface area contributed by atoms with Gasteiger partial charge in [0.2, 0.25) is 11.8 Å². The molecule has 0 spiro atoms. The van der Waals surface area contributed by atoms with Gasteiger partial charge < -0.3 is 19.7 Å². The van der Waals surface area contributed by atoms with E-state index in [0.717, 1.165) is 32.1 Å². The molecule has 2 aliphatic rings. The molecule has 1 amide bonds. The lowest BCUT2D eigenvalue weighted by atomic mass is 9.87. The van der Waals surface area contributed by atoms with E-state index in [1.165, 1.54) is 18.3 Å². The fraction of sp³-hybridized carbons (Fsp3) is 0.333. The summed E-state index contributed by atoms with van der Waals surface area (Å²) in [5.41, 5.74) is 1.99. The highest BCUT2D eigenvalue weighted by Crippen LogP contribution is 2.41. The van der Waals surface area contributed by atoms with Crippen LogP contribution in [-0.2, 0) is 9.53 Å². The van der Waals surface area contributed by atoms with E-state index >= 15 is 0 Å². The number of allylic oxidation sites excluding steroid dienone is 1. The molecule has 6 nitrogen and oxygen atoms in total. The molecule has 1 aromatic heterocycles. The van der Waals surface area contributed by atoms with Gasteiger partial charge in [0.05, 0.1) is 13.0 Å². The Labute approximate surface area is 266 Å². The Balaban J connectivity index is 1.56. The Kier molecular flexibility index (Phi) is 10.6. The van der Waals surface area contributed by atoms with Crippen LogP contribution in [0.2, 0.25) is 0 Å². The Hall–Kier alpha value is -4.44. The van der Waals surface area contributed by atoms with Crippen molar-refractivity contribution < 1.29 is 31.8 Å². The second-order valence-corrected chi connectivity index (χ2v) is 11.4. The monoisotopic (exact) mass is 635 g/mol. The van der Waals surface area contributed by atoms with Crippen molar-refractivity contribution in [2.75, 3.05) is 25.0 Å². The van der Waals surface area contributed by atoms with Gasteiger partial charge in [-0.2, -0.15) is 13.2 Å². The van der Waals surface area contributed by atoms with Crippen molar-refractivity contribution in [3.05, 3.63) is 108 Å². The zero-order valence-corrected chi connectivity index (χ0v) is 25.5. The number of anilines is 1. The van der Waals surface area contributed by atoms with Crippen molar-refractivity contribution in [2.24, 2.45) is 0 Å². The van der Waals surface area contributed by atoms with E-state index in [4.69, 9.17) is 9.47 Å². The third-order valence-electron chi connectivity index (χ3n) is 8.07. The minimum absolute atomic E-state index is 0.0150. The van der Waals surface area contributed by atoms with E-state index in [1.54, 1.807) is 59.5 Å². The number of pyridine rings is 1. The first-order chi connectivity index (χ1) is 22.1. The molecule has 1 N–H and O–H groups in total. The molecular formula is C36H37F4N3O3. The number of nitrogens with one attached hydrogen (secondary N) is 1. The molecule has 2 aliphatic heterocycles. The minimum Gasteiger partial charge on any atom is -0.472 e. The summed E-state index contributed by atoms with van der Waals surface area (Å²) in [5.74, 6) is -0.620. The van der Waals surface area contributed by atoms with Crippen LogP contribution in [0.15, 0.2) is 86.1 Å². The van der Waals surface area contributed by atoms with E-state index in [2.05, 4.69) is 23.5 Å². The van der Waals surface area contributed by atoms with E-state index in [9.17, 15) is 22.4 Å². The van der Waals surface area contributed by atoms with E-state index in [-0.39, 0.29) is 40.8 Å². The van der Waals surface area contributed by atoms with Gasteiger partial charge >= 0.3 is 6.18 Å². The molecule has 2 atom stereocenters. The highest BCUT2D eigenvalue weighted by atomic mass is 19.4. The fourth-order valence-corrected chi connectivity index (χ4v) is 5.90. The molecule has 3 aromatic rings. The predicted molar refractivity (Wildman–Crippen MR) is 171 cm³/mol. The normalized spacial score (nSPS) is 19.2. The number of carbonyl (C=O) groups excluding carboxylic acids is 1. The summed E-state index contributed by atoms with van der Waals surface area (Å²) in [6, 6.07) is 16.4. The zero-order chi connectivity index (χ0) is 32.7. The van der Waals surface area contributed by atoms with E-state index in [0.29, 0.717) is 42.1 Å². The van der Waals surface area contributed by atoms with Gasteiger partial charge in [-0.1, -0.05) is 49.6 Å². The molecule has 0 aliphatic carbocycles. The molecule has 10 heteroatoms. The van der Waals surface area contributed by atoms with Crippen LogP contribution in [0.1, 0.15) is 60.8 Å². The number of aromatic nitrogens is 1. The number of alkyl halides is 3. The van der Waals surface area contributed by atoms with Crippen molar-refractivity contribution in [1.82, 2.24) is 9.88 Å². The number of rotatable bonds is 10. The Morgan fingerprint density at radius 1 is 1.04 bits per heavy atom. The SMILES string of the molecule is C=CC(=O)N1CCCC(Oc2ccc(/C(=C(/CC(F)(F)F)c3ccccc3)c3ccc(NC4CCCCO4)c(C(=C)F)c3)cn2)C1. The van der Waals surface area contributed by atoms with E-state index in [1.807, 2.05) is 0 Å². The number of hydrogen-bond acceptors (Lipinski definition) is 5. The Bertz CT molecular complexity index is 1570. The second kappa shape index (κ2) is 14.8. The number of amides is 1. The molecule has 2 aromatic carbocycles. The van der Waals surface area contributed by atoms with Gasteiger partial charge in [-0.15, -0.1) is 0 Å². The molecule has 2 fully saturated rings. The maximum Gasteiger partial charge on any atom is 0.393 e. The molecule has 46 heavy (non-hydrogen) atoms. The minimum atomic E-state index is -4.53. The molecule has 2 unspecified atom stereocenters. The van der Waals surface area contributed by atoms with Gasteiger partial charge in [-0.25, -0.2) is 9.37 Å². The van der Waals surface area contributed by atoms with Crippen LogP contribution < -0.4 is 10.1 Å². The van der Waals surface area contributed by atoms with Gasteiger partial charge in [0, 0.05) is 42.2 Å². The summed E-state index contributed by atoms with van der Waals surface area (Å²) < 4.78 is 69.2. The predicted octanol–water partition coefficient (Wildman–Crippen LogP) is 8.43. The fourth-order valence-electron chi connectivity index (χ4n) is 5.90. The van der Waals surface area contributed by atoms with E-state index < -0.39 is 18.4 Å². The van der Waals surface area contributed by atoms with Crippen LogP contribution in [0.5, 0.6) is 5.88 Å². The van der Waals surface area contributed by atoms with Gasteiger partial charge in [-0.3, -0.25) is 4.79 Å². The van der Waals surface area contributed by atoms with Crippen LogP contribution in [0.4, 0.5) is 23.2 Å². The number of piperidine rings is 1. The first-order valence-electron chi connectivity index (χ1n) is 15.4. The third-order valence-corrected chi connectivity index (χ3v) is 8.07. The largest absolute Gasteiger partial charge is 0.472 e. The number of hydrogen-bond donors (Lipinski definition) is 1. The van der Waals surface area contributed by atoms with Crippen molar-refractivity contribution >= 4 is 28.6 Å².